The fourth-order valence-electron chi connectivity index (χ4n) is 1.64. The van der Waals surface area contributed by atoms with Gasteiger partial charge in [0.15, 0.2) is 0 Å². The summed E-state index contributed by atoms with van der Waals surface area (Å²) < 4.78 is 37.6. The molecule has 0 bridgehead atoms. The average molecular weight is 257 g/mol. The molecule has 18 heavy (non-hydrogen) atoms. The summed E-state index contributed by atoms with van der Waals surface area (Å²) in [5.74, 6) is 0. The molecule has 0 heterocycles. The zero-order chi connectivity index (χ0) is 13.9. The van der Waals surface area contributed by atoms with E-state index in [1.165, 1.54) is 18.2 Å². The molecule has 0 fully saturated rings. The predicted molar refractivity (Wildman–Crippen MR) is 64.1 cm³/mol. The van der Waals surface area contributed by atoms with Crippen molar-refractivity contribution in [1.29, 1.82) is 5.26 Å². The zero-order valence-corrected chi connectivity index (χ0v) is 10.1. The molecule has 0 saturated carbocycles. The van der Waals surface area contributed by atoms with E-state index < -0.39 is 12.7 Å². The summed E-state index contributed by atoms with van der Waals surface area (Å²) in [7, 11) is 0. The van der Waals surface area contributed by atoms with Crippen LogP contribution in [0, 0.1) is 11.3 Å². The van der Waals surface area contributed by atoms with E-state index in [4.69, 9.17) is 11.0 Å². The van der Waals surface area contributed by atoms with Crippen LogP contribution in [0.2, 0.25) is 0 Å². The first-order chi connectivity index (χ1) is 8.26. The van der Waals surface area contributed by atoms with Crippen molar-refractivity contribution in [1.82, 2.24) is 0 Å². The van der Waals surface area contributed by atoms with Crippen LogP contribution in [0.25, 0.3) is 0 Å². The molecule has 6 heteroatoms. The molecule has 1 rings (SSSR count). The summed E-state index contributed by atoms with van der Waals surface area (Å²) in [5, 5.41) is 8.83. The molecule has 98 valence electrons. The number of nitriles is 1. The van der Waals surface area contributed by atoms with Gasteiger partial charge in [-0.3, -0.25) is 0 Å². The standard InChI is InChI=1S/C12H14F3N3/c1-8(2)18(7-12(13,14)15)10-5-3-4-9(6-16)11(10)17/h3-5,8H,7,17H2,1-2H3. The van der Waals surface area contributed by atoms with Crippen molar-refractivity contribution in [3.63, 3.8) is 0 Å². The first kappa shape index (κ1) is 14.2. The molecule has 0 aliphatic carbocycles. The van der Waals surface area contributed by atoms with Crippen molar-refractivity contribution in [3.8, 4) is 6.07 Å². The third kappa shape index (κ3) is 3.29. The maximum atomic E-state index is 12.5. The number of halogens is 3. The third-order valence-electron chi connectivity index (χ3n) is 2.49. The molecule has 0 aliphatic heterocycles. The van der Waals surface area contributed by atoms with Crippen LogP contribution in [-0.4, -0.2) is 18.8 Å². The van der Waals surface area contributed by atoms with Gasteiger partial charge in [-0.05, 0) is 26.0 Å². The second-order valence-corrected chi connectivity index (χ2v) is 4.19. The number of benzene rings is 1. The molecule has 0 spiro atoms. The lowest BCUT2D eigenvalue weighted by molar-refractivity contribution is -0.120. The van der Waals surface area contributed by atoms with Crippen LogP contribution in [-0.2, 0) is 0 Å². The maximum Gasteiger partial charge on any atom is 0.405 e. The van der Waals surface area contributed by atoms with Crippen LogP contribution in [0.5, 0.6) is 0 Å². The Morgan fingerprint density at radius 3 is 2.44 bits per heavy atom. The van der Waals surface area contributed by atoms with Gasteiger partial charge in [0.1, 0.15) is 12.6 Å². The van der Waals surface area contributed by atoms with E-state index in [1.54, 1.807) is 13.8 Å². The Labute approximate surface area is 104 Å². The molecular formula is C12H14F3N3. The molecule has 1 aromatic rings. The van der Waals surface area contributed by atoms with E-state index in [9.17, 15) is 13.2 Å². The lowest BCUT2D eigenvalue weighted by Crippen LogP contribution is -2.39. The third-order valence-corrected chi connectivity index (χ3v) is 2.49. The summed E-state index contributed by atoms with van der Waals surface area (Å²) >= 11 is 0. The first-order valence-electron chi connectivity index (χ1n) is 5.38. The van der Waals surface area contributed by atoms with Crippen molar-refractivity contribution >= 4 is 11.4 Å². The molecule has 0 saturated heterocycles. The molecule has 0 aliphatic rings. The van der Waals surface area contributed by atoms with E-state index in [-0.39, 0.29) is 23.0 Å². The van der Waals surface area contributed by atoms with E-state index in [2.05, 4.69) is 0 Å². The van der Waals surface area contributed by atoms with Crippen LogP contribution in [0.1, 0.15) is 19.4 Å². The fourth-order valence-corrected chi connectivity index (χ4v) is 1.64. The fraction of sp³-hybridized carbons (Fsp3) is 0.417. The number of nitrogen functional groups attached to an aromatic ring is 1. The van der Waals surface area contributed by atoms with Gasteiger partial charge in [-0.15, -0.1) is 0 Å². The van der Waals surface area contributed by atoms with Gasteiger partial charge in [0.05, 0.1) is 16.9 Å². The highest BCUT2D eigenvalue weighted by Crippen LogP contribution is 2.30. The molecule has 3 nitrogen and oxygen atoms in total. The second kappa shape index (κ2) is 5.17. The Hall–Kier alpha value is -1.90. The number of anilines is 2. The summed E-state index contributed by atoms with van der Waals surface area (Å²) in [6.07, 6.45) is -4.32. The van der Waals surface area contributed by atoms with Crippen LogP contribution < -0.4 is 10.6 Å². The van der Waals surface area contributed by atoms with Gasteiger partial charge < -0.3 is 10.6 Å². The monoisotopic (exact) mass is 257 g/mol. The summed E-state index contributed by atoms with van der Waals surface area (Å²) in [4.78, 5) is 1.14. The van der Waals surface area contributed by atoms with Gasteiger partial charge in [-0.1, -0.05) is 6.07 Å². The SMILES string of the molecule is CC(C)N(CC(F)(F)F)c1cccc(C#N)c1N. The molecular weight excluding hydrogens is 243 g/mol. The number of para-hydroxylation sites is 1. The lowest BCUT2D eigenvalue weighted by Gasteiger charge is -2.31. The normalized spacial score (nSPS) is 11.4. The summed E-state index contributed by atoms with van der Waals surface area (Å²) in [6, 6.07) is 5.98. The topological polar surface area (TPSA) is 53.0 Å². The molecule has 0 radical (unpaired) electrons. The number of alkyl halides is 3. The Balaban J connectivity index is 3.19. The molecule has 0 aromatic heterocycles. The van der Waals surface area contributed by atoms with Gasteiger partial charge in [0.25, 0.3) is 0 Å². The minimum absolute atomic E-state index is 0.0814. The van der Waals surface area contributed by atoms with Crippen LogP contribution >= 0.6 is 0 Å². The molecule has 0 amide bonds. The number of nitrogens with zero attached hydrogens (tertiary/aromatic N) is 2. The van der Waals surface area contributed by atoms with Crippen LogP contribution in [0.4, 0.5) is 24.5 Å². The van der Waals surface area contributed by atoms with Crippen molar-refractivity contribution in [2.75, 3.05) is 17.2 Å². The van der Waals surface area contributed by atoms with Gasteiger partial charge in [0.2, 0.25) is 0 Å². The predicted octanol–water partition coefficient (Wildman–Crippen LogP) is 2.92. The molecule has 0 atom stereocenters. The Morgan fingerprint density at radius 2 is 2.00 bits per heavy atom. The van der Waals surface area contributed by atoms with Crippen molar-refractivity contribution in [2.24, 2.45) is 0 Å². The van der Waals surface area contributed by atoms with E-state index in [0.717, 1.165) is 4.90 Å². The Kier molecular flexibility index (Phi) is 4.07. The first-order valence-corrected chi connectivity index (χ1v) is 5.38. The van der Waals surface area contributed by atoms with E-state index in [1.807, 2.05) is 6.07 Å². The minimum Gasteiger partial charge on any atom is -0.396 e. The van der Waals surface area contributed by atoms with E-state index >= 15 is 0 Å². The largest absolute Gasteiger partial charge is 0.405 e. The van der Waals surface area contributed by atoms with Crippen molar-refractivity contribution < 1.29 is 13.2 Å². The van der Waals surface area contributed by atoms with Gasteiger partial charge in [-0.25, -0.2) is 0 Å². The number of hydrogen-bond donors (Lipinski definition) is 1. The molecule has 2 N–H and O–H groups in total. The molecule has 1 aromatic carbocycles. The highest BCUT2D eigenvalue weighted by atomic mass is 19.4. The molecule has 0 unspecified atom stereocenters. The van der Waals surface area contributed by atoms with Crippen molar-refractivity contribution in [3.05, 3.63) is 23.8 Å². The smallest absolute Gasteiger partial charge is 0.396 e. The minimum atomic E-state index is -4.32. The second-order valence-electron chi connectivity index (χ2n) is 4.19. The Bertz CT molecular complexity index is 461. The summed E-state index contributed by atoms with van der Waals surface area (Å²) in [5.41, 5.74) is 6.22. The number of rotatable bonds is 3. The van der Waals surface area contributed by atoms with Crippen LogP contribution in [0.3, 0.4) is 0 Å². The van der Waals surface area contributed by atoms with Gasteiger partial charge >= 0.3 is 6.18 Å². The van der Waals surface area contributed by atoms with Gasteiger partial charge in [0, 0.05) is 6.04 Å². The number of hydrogen-bond acceptors (Lipinski definition) is 3. The van der Waals surface area contributed by atoms with Crippen LogP contribution in [0.15, 0.2) is 18.2 Å². The lowest BCUT2D eigenvalue weighted by atomic mass is 10.1. The summed E-state index contributed by atoms with van der Waals surface area (Å²) in [6.45, 7) is 2.19. The zero-order valence-electron chi connectivity index (χ0n) is 10.1. The Morgan fingerprint density at radius 1 is 1.39 bits per heavy atom. The highest BCUT2D eigenvalue weighted by Gasteiger charge is 2.32. The van der Waals surface area contributed by atoms with Gasteiger partial charge in [-0.2, -0.15) is 18.4 Å². The highest BCUT2D eigenvalue weighted by molar-refractivity contribution is 5.74. The number of nitrogens with two attached hydrogens (primary N) is 1. The quantitative estimate of drug-likeness (QED) is 0.847. The maximum absolute atomic E-state index is 12.5. The average Bonchev–Trinajstić information content (AvgIpc) is 2.25. The van der Waals surface area contributed by atoms with E-state index in [0.29, 0.717) is 0 Å². The van der Waals surface area contributed by atoms with Crippen molar-refractivity contribution in [2.45, 2.75) is 26.1 Å².